The van der Waals surface area contributed by atoms with E-state index in [1.54, 1.807) is 0 Å². The number of benzene rings is 2. The summed E-state index contributed by atoms with van der Waals surface area (Å²) in [7, 11) is -1.17. The molecule has 0 aliphatic carbocycles. The molecule has 0 saturated heterocycles. The molecule has 0 amide bonds. The van der Waals surface area contributed by atoms with Crippen molar-refractivity contribution >= 4 is 25.4 Å². The van der Waals surface area contributed by atoms with Crippen LogP contribution in [0, 0.1) is 6.07 Å². The third-order valence-electron chi connectivity index (χ3n) is 2.99. The van der Waals surface area contributed by atoms with E-state index < -0.39 is 8.07 Å². The lowest BCUT2D eigenvalue weighted by molar-refractivity contribution is 1.63. The molecule has 18 heavy (non-hydrogen) atoms. The molecule has 1 radical (unpaired) electrons. The van der Waals surface area contributed by atoms with Crippen LogP contribution in [-0.2, 0) is 0 Å². The molecule has 0 N–H and O–H groups in total. The van der Waals surface area contributed by atoms with E-state index in [0.29, 0.717) is 0 Å². The molecule has 2 aromatic rings. The number of hydrogen-bond acceptors (Lipinski definition) is 0. The molecule has 0 aliphatic heterocycles. The molecule has 0 aliphatic rings. The van der Waals surface area contributed by atoms with Gasteiger partial charge in [0.1, 0.15) is 0 Å². The molecule has 0 spiro atoms. The van der Waals surface area contributed by atoms with Crippen molar-refractivity contribution in [3.8, 4) is 0 Å². The zero-order valence-corrected chi connectivity index (χ0v) is 12.3. The lowest BCUT2D eigenvalue weighted by Gasteiger charge is -2.16. The topological polar surface area (TPSA) is 0 Å². The Hall–Kier alpha value is -1.60. The molecular formula is C17H19Si. The van der Waals surface area contributed by atoms with Gasteiger partial charge in [-0.25, -0.2) is 0 Å². The SMILES string of the molecule is C[Si](C)(C)c1ccc(/C=C/c2cc[c]cc2)cc1. The van der Waals surface area contributed by atoms with Gasteiger partial charge in [0.05, 0.1) is 8.07 Å². The second-order valence-corrected chi connectivity index (χ2v) is 10.6. The molecule has 0 nitrogen and oxygen atoms in total. The van der Waals surface area contributed by atoms with E-state index in [0.717, 1.165) is 0 Å². The van der Waals surface area contributed by atoms with E-state index >= 15 is 0 Å². The summed E-state index contributed by atoms with van der Waals surface area (Å²) in [6.45, 7) is 7.12. The van der Waals surface area contributed by atoms with Gasteiger partial charge in [0.25, 0.3) is 0 Å². The van der Waals surface area contributed by atoms with Gasteiger partial charge in [-0.15, -0.1) is 0 Å². The van der Waals surface area contributed by atoms with Crippen molar-refractivity contribution < 1.29 is 0 Å². The summed E-state index contributed by atoms with van der Waals surface area (Å²) < 4.78 is 0. The van der Waals surface area contributed by atoms with Gasteiger partial charge in [-0.1, -0.05) is 85.5 Å². The van der Waals surface area contributed by atoms with Gasteiger partial charge in [-0.3, -0.25) is 0 Å². The maximum atomic E-state index is 3.03. The predicted octanol–water partition coefficient (Wildman–Crippen LogP) is 4.20. The molecule has 0 saturated carbocycles. The highest BCUT2D eigenvalue weighted by Crippen LogP contribution is 2.09. The Morgan fingerprint density at radius 3 is 1.78 bits per heavy atom. The highest BCUT2D eigenvalue weighted by molar-refractivity contribution is 6.88. The Kier molecular flexibility index (Phi) is 3.83. The number of rotatable bonds is 3. The molecule has 2 aromatic carbocycles. The Balaban J connectivity index is 2.14. The monoisotopic (exact) mass is 251 g/mol. The van der Waals surface area contributed by atoms with E-state index in [9.17, 15) is 0 Å². The smallest absolute Gasteiger partial charge is 0.0656 e. The standard InChI is InChI=1S/C17H19Si/c1-18(2,3)17-13-11-16(12-14-17)10-9-15-7-5-4-6-8-15/h5-14H,1-3H3/b10-9+. The highest BCUT2D eigenvalue weighted by atomic mass is 28.3. The van der Waals surface area contributed by atoms with Crippen molar-refractivity contribution in [3.05, 3.63) is 65.7 Å². The fraction of sp³-hybridized carbons (Fsp3) is 0.176. The van der Waals surface area contributed by atoms with Crippen molar-refractivity contribution in [2.75, 3.05) is 0 Å². The van der Waals surface area contributed by atoms with E-state index in [1.807, 2.05) is 12.1 Å². The molecule has 0 aromatic heterocycles. The quantitative estimate of drug-likeness (QED) is 0.566. The van der Waals surface area contributed by atoms with Crippen LogP contribution >= 0.6 is 0 Å². The van der Waals surface area contributed by atoms with Crippen molar-refractivity contribution in [1.29, 1.82) is 0 Å². The van der Waals surface area contributed by atoms with E-state index in [1.165, 1.54) is 16.3 Å². The molecule has 0 bridgehead atoms. The van der Waals surface area contributed by atoms with Crippen LogP contribution in [0.25, 0.3) is 12.2 Å². The van der Waals surface area contributed by atoms with Gasteiger partial charge in [0.2, 0.25) is 0 Å². The van der Waals surface area contributed by atoms with Gasteiger partial charge in [-0.2, -0.15) is 0 Å². The fourth-order valence-electron chi connectivity index (χ4n) is 1.80. The van der Waals surface area contributed by atoms with Crippen LogP contribution in [0.4, 0.5) is 0 Å². The van der Waals surface area contributed by atoms with Gasteiger partial charge < -0.3 is 0 Å². The first-order valence-corrected chi connectivity index (χ1v) is 9.80. The lowest BCUT2D eigenvalue weighted by Crippen LogP contribution is -2.37. The predicted molar refractivity (Wildman–Crippen MR) is 83.6 cm³/mol. The largest absolute Gasteiger partial charge is 0.0775 e. The van der Waals surface area contributed by atoms with Crippen molar-refractivity contribution in [1.82, 2.24) is 0 Å². The average Bonchev–Trinajstić information content (AvgIpc) is 2.37. The van der Waals surface area contributed by atoms with E-state index in [4.69, 9.17) is 0 Å². The summed E-state index contributed by atoms with van der Waals surface area (Å²) in [5.74, 6) is 0. The Labute approximate surface area is 111 Å². The molecule has 0 atom stereocenters. The zero-order chi connectivity index (χ0) is 13.0. The molecular weight excluding hydrogens is 232 g/mol. The Morgan fingerprint density at radius 1 is 0.778 bits per heavy atom. The van der Waals surface area contributed by atoms with E-state index in [-0.39, 0.29) is 0 Å². The van der Waals surface area contributed by atoms with Crippen LogP contribution in [0.5, 0.6) is 0 Å². The maximum absolute atomic E-state index is 3.03. The van der Waals surface area contributed by atoms with Crippen LogP contribution < -0.4 is 5.19 Å². The minimum atomic E-state index is -1.17. The summed E-state index contributed by atoms with van der Waals surface area (Å²) in [4.78, 5) is 0. The summed E-state index contributed by atoms with van der Waals surface area (Å²) >= 11 is 0. The van der Waals surface area contributed by atoms with Crippen LogP contribution in [0.3, 0.4) is 0 Å². The summed E-state index contributed by atoms with van der Waals surface area (Å²) in [6, 6.07) is 20.0. The fourth-order valence-corrected chi connectivity index (χ4v) is 2.96. The molecule has 91 valence electrons. The molecule has 0 heterocycles. The van der Waals surface area contributed by atoms with Crippen LogP contribution in [0.15, 0.2) is 48.5 Å². The number of hydrogen-bond donors (Lipinski definition) is 0. The van der Waals surface area contributed by atoms with E-state index in [2.05, 4.69) is 74.3 Å². The van der Waals surface area contributed by atoms with Gasteiger partial charge in [-0.05, 0) is 17.2 Å². The summed E-state index contributed by atoms with van der Waals surface area (Å²) in [6.07, 6.45) is 4.29. The maximum Gasteiger partial charge on any atom is 0.0775 e. The molecule has 0 fully saturated rings. The third-order valence-corrected chi connectivity index (χ3v) is 5.05. The Morgan fingerprint density at radius 2 is 1.28 bits per heavy atom. The van der Waals surface area contributed by atoms with Gasteiger partial charge >= 0.3 is 0 Å². The zero-order valence-electron chi connectivity index (χ0n) is 11.3. The first kappa shape index (κ1) is 12.8. The second kappa shape index (κ2) is 5.36. The summed E-state index contributed by atoms with van der Waals surface area (Å²) in [5, 5.41) is 1.51. The van der Waals surface area contributed by atoms with Crippen LogP contribution in [-0.4, -0.2) is 8.07 Å². The van der Waals surface area contributed by atoms with Crippen LogP contribution in [0.2, 0.25) is 19.6 Å². The van der Waals surface area contributed by atoms with Gasteiger partial charge in [0.15, 0.2) is 0 Å². The first-order chi connectivity index (χ1) is 8.55. The summed E-state index contributed by atoms with van der Waals surface area (Å²) in [5.41, 5.74) is 2.47. The van der Waals surface area contributed by atoms with Crippen molar-refractivity contribution in [2.24, 2.45) is 0 Å². The third kappa shape index (κ3) is 3.44. The highest BCUT2D eigenvalue weighted by Gasteiger charge is 2.15. The normalized spacial score (nSPS) is 11.9. The lowest BCUT2D eigenvalue weighted by atomic mass is 10.1. The van der Waals surface area contributed by atoms with Gasteiger partial charge in [0, 0.05) is 0 Å². The average molecular weight is 251 g/mol. The molecule has 0 unspecified atom stereocenters. The minimum absolute atomic E-state index is 1.17. The Bertz CT molecular complexity index is 516. The molecule has 1 heteroatoms. The first-order valence-electron chi connectivity index (χ1n) is 6.30. The second-order valence-electron chi connectivity index (χ2n) is 5.54. The van der Waals surface area contributed by atoms with Crippen molar-refractivity contribution in [3.63, 3.8) is 0 Å². The minimum Gasteiger partial charge on any atom is -0.0656 e. The molecule has 2 rings (SSSR count). The van der Waals surface area contributed by atoms with Crippen LogP contribution in [0.1, 0.15) is 11.1 Å². The van der Waals surface area contributed by atoms with Crippen molar-refractivity contribution in [2.45, 2.75) is 19.6 Å².